The second-order valence-electron chi connectivity index (χ2n) is 5.64. The monoisotopic (exact) mass is 304 g/mol. The van der Waals surface area contributed by atoms with Crippen LogP contribution in [0, 0.1) is 5.92 Å². The smallest absolute Gasteiger partial charge is 0.308 e. The van der Waals surface area contributed by atoms with E-state index in [1.165, 1.54) is 0 Å². The number of carbonyl (C=O) groups excluding carboxylic acids is 1. The van der Waals surface area contributed by atoms with Gasteiger partial charge in [-0.2, -0.15) is 0 Å². The van der Waals surface area contributed by atoms with E-state index < -0.39 is 11.9 Å². The summed E-state index contributed by atoms with van der Waals surface area (Å²) in [5.41, 5.74) is 0.968. The summed E-state index contributed by atoms with van der Waals surface area (Å²) in [4.78, 5) is 27.9. The van der Waals surface area contributed by atoms with E-state index in [2.05, 4.69) is 4.90 Å². The molecule has 5 heteroatoms. The number of carbonyl (C=O) groups is 2. The van der Waals surface area contributed by atoms with Gasteiger partial charge in [-0.3, -0.25) is 14.5 Å². The minimum absolute atomic E-state index is 0.0126. The Balaban J connectivity index is 2.22. The van der Waals surface area contributed by atoms with Crippen molar-refractivity contribution >= 4 is 11.9 Å². The number of hydrogen-bond acceptors (Lipinski definition) is 3. The molecule has 1 aliphatic rings. The molecule has 0 spiro atoms. The topological polar surface area (TPSA) is 60.9 Å². The fourth-order valence-electron chi connectivity index (χ4n) is 3.07. The van der Waals surface area contributed by atoms with Gasteiger partial charge in [-0.1, -0.05) is 44.2 Å². The predicted octanol–water partition coefficient (Wildman–Crippen LogP) is 2.00. The lowest BCUT2D eigenvalue weighted by Crippen LogP contribution is -2.42. The number of carboxylic acids is 1. The zero-order valence-corrected chi connectivity index (χ0v) is 13.2. The van der Waals surface area contributed by atoms with E-state index in [1.54, 1.807) is 4.90 Å². The third-order valence-corrected chi connectivity index (χ3v) is 4.38. The molecule has 0 radical (unpaired) electrons. The standard InChI is InChI=1S/C17H24N2O3/c1-3-18(4-2)15(13-8-6-5-7-9-13)16(20)19-11-10-14(12-19)17(21)22/h5-9,14-15H,3-4,10-12H2,1-2H3,(H,21,22)/t14-,15+/m0/s1. The van der Waals surface area contributed by atoms with Crippen LogP contribution in [0.2, 0.25) is 0 Å². The number of hydrogen-bond donors (Lipinski definition) is 1. The number of likely N-dealkylation sites (N-methyl/N-ethyl adjacent to an activating group) is 1. The molecule has 1 fully saturated rings. The first kappa shape index (κ1) is 16.5. The summed E-state index contributed by atoms with van der Waals surface area (Å²) in [6, 6.07) is 9.40. The molecular formula is C17H24N2O3. The van der Waals surface area contributed by atoms with Crippen LogP contribution >= 0.6 is 0 Å². The van der Waals surface area contributed by atoms with E-state index in [9.17, 15) is 9.59 Å². The van der Waals surface area contributed by atoms with Gasteiger partial charge in [0.15, 0.2) is 0 Å². The number of nitrogens with zero attached hydrogens (tertiary/aromatic N) is 2. The van der Waals surface area contributed by atoms with Gasteiger partial charge in [0.25, 0.3) is 0 Å². The molecule has 2 atom stereocenters. The summed E-state index contributed by atoms with van der Waals surface area (Å²) in [5, 5.41) is 9.12. The Labute approximate surface area is 131 Å². The molecule has 2 rings (SSSR count). The van der Waals surface area contributed by atoms with Crippen LogP contribution in [0.4, 0.5) is 0 Å². The Morgan fingerprint density at radius 2 is 1.91 bits per heavy atom. The zero-order valence-electron chi connectivity index (χ0n) is 13.2. The lowest BCUT2D eigenvalue weighted by molar-refractivity contribution is -0.141. The highest BCUT2D eigenvalue weighted by molar-refractivity contribution is 5.84. The highest BCUT2D eigenvalue weighted by Crippen LogP contribution is 2.26. The molecule has 1 aromatic rings. The van der Waals surface area contributed by atoms with Crippen LogP contribution in [0.15, 0.2) is 30.3 Å². The average molecular weight is 304 g/mol. The Kier molecular flexibility index (Phi) is 5.55. The van der Waals surface area contributed by atoms with Crippen molar-refractivity contribution in [1.29, 1.82) is 0 Å². The summed E-state index contributed by atoms with van der Waals surface area (Å²) < 4.78 is 0. The zero-order chi connectivity index (χ0) is 16.1. The maximum absolute atomic E-state index is 13.0. The summed E-state index contributed by atoms with van der Waals surface area (Å²) >= 11 is 0. The van der Waals surface area contributed by atoms with Crippen molar-refractivity contribution in [2.45, 2.75) is 26.3 Å². The lowest BCUT2D eigenvalue weighted by atomic mass is 10.0. The van der Waals surface area contributed by atoms with Gasteiger partial charge in [-0.25, -0.2) is 0 Å². The van der Waals surface area contributed by atoms with Crippen LogP contribution in [0.25, 0.3) is 0 Å². The molecular weight excluding hydrogens is 280 g/mol. The van der Waals surface area contributed by atoms with E-state index in [0.29, 0.717) is 19.5 Å². The molecule has 1 aromatic carbocycles. The number of likely N-dealkylation sites (tertiary alicyclic amines) is 1. The second kappa shape index (κ2) is 7.40. The fourth-order valence-corrected chi connectivity index (χ4v) is 3.07. The summed E-state index contributed by atoms with van der Waals surface area (Å²) in [5.74, 6) is -1.23. The van der Waals surface area contributed by atoms with Crippen molar-refractivity contribution < 1.29 is 14.7 Å². The van der Waals surface area contributed by atoms with E-state index in [-0.39, 0.29) is 11.9 Å². The third-order valence-electron chi connectivity index (χ3n) is 4.38. The molecule has 120 valence electrons. The molecule has 5 nitrogen and oxygen atoms in total. The van der Waals surface area contributed by atoms with E-state index in [4.69, 9.17) is 5.11 Å². The van der Waals surface area contributed by atoms with Crippen LogP contribution < -0.4 is 0 Å². The van der Waals surface area contributed by atoms with Gasteiger partial charge < -0.3 is 10.0 Å². The van der Waals surface area contributed by atoms with Crippen molar-refractivity contribution in [3.05, 3.63) is 35.9 Å². The predicted molar refractivity (Wildman–Crippen MR) is 84.4 cm³/mol. The summed E-state index contributed by atoms with van der Waals surface area (Å²) in [6.45, 7) is 6.47. The van der Waals surface area contributed by atoms with Crippen LogP contribution in [-0.2, 0) is 9.59 Å². The van der Waals surface area contributed by atoms with E-state index in [0.717, 1.165) is 18.7 Å². The fraction of sp³-hybridized carbons (Fsp3) is 0.529. The number of carboxylic acid groups (broad SMARTS) is 1. The Hall–Kier alpha value is -1.88. The van der Waals surface area contributed by atoms with Crippen molar-refractivity contribution in [1.82, 2.24) is 9.80 Å². The molecule has 0 unspecified atom stereocenters. The number of rotatable bonds is 6. The van der Waals surface area contributed by atoms with Gasteiger partial charge in [-0.05, 0) is 25.1 Å². The van der Waals surface area contributed by atoms with Gasteiger partial charge in [0.05, 0.1) is 5.92 Å². The average Bonchev–Trinajstić information content (AvgIpc) is 3.03. The maximum Gasteiger partial charge on any atom is 0.308 e. The first-order valence-corrected chi connectivity index (χ1v) is 7.89. The van der Waals surface area contributed by atoms with Crippen LogP contribution in [0.3, 0.4) is 0 Å². The SMILES string of the molecule is CCN(CC)[C@@H](C(=O)N1CC[C@H](C(=O)O)C1)c1ccccc1. The summed E-state index contributed by atoms with van der Waals surface area (Å²) in [6.07, 6.45) is 0.542. The molecule has 22 heavy (non-hydrogen) atoms. The van der Waals surface area contributed by atoms with Crippen molar-refractivity contribution in [2.75, 3.05) is 26.2 Å². The maximum atomic E-state index is 13.0. The van der Waals surface area contributed by atoms with Gasteiger partial charge in [0, 0.05) is 13.1 Å². The van der Waals surface area contributed by atoms with Crippen molar-refractivity contribution in [3.8, 4) is 0 Å². The lowest BCUT2D eigenvalue weighted by Gasteiger charge is -2.32. The molecule has 1 amide bonds. The molecule has 0 aromatic heterocycles. The number of aliphatic carboxylic acids is 1. The second-order valence-corrected chi connectivity index (χ2v) is 5.64. The van der Waals surface area contributed by atoms with Crippen LogP contribution in [0.5, 0.6) is 0 Å². The normalized spacial score (nSPS) is 19.4. The van der Waals surface area contributed by atoms with E-state index in [1.807, 2.05) is 44.2 Å². The minimum atomic E-state index is -0.811. The molecule has 0 saturated carbocycles. The van der Waals surface area contributed by atoms with Gasteiger partial charge >= 0.3 is 5.97 Å². The first-order valence-electron chi connectivity index (χ1n) is 7.89. The Morgan fingerprint density at radius 3 is 2.41 bits per heavy atom. The van der Waals surface area contributed by atoms with Gasteiger partial charge in [0.1, 0.15) is 6.04 Å². The van der Waals surface area contributed by atoms with E-state index >= 15 is 0 Å². The largest absolute Gasteiger partial charge is 0.481 e. The molecule has 1 heterocycles. The molecule has 0 aliphatic carbocycles. The number of benzene rings is 1. The first-order chi connectivity index (χ1) is 10.6. The summed E-state index contributed by atoms with van der Waals surface area (Å²) in [7, 11) is 0. The molecule has 0 bridgehead atoms. The quantitative estimate of drug-likeness (QED) is 0.873. The highest BCUT2D eigenvalue weighted by atomic mass is 16.4. The van der Waals surface area contributed by atoms with Crippen LogP contribution in [0.1, 0.15) is 31.9 Å². The Bertz CT molecular complexity index is 514. The van der Waals surface area contributed by atoms with Crippen LogP contribution in [-0.4, -0.2) is 53.0 Å². The molecule has 1 N–H and O–H groups in total. The van der Waals surface area contributed by atoms with Gasteiger partial charge in [-0.15, -0.1) is 0 Å². The van der Waals surface area contributed by atoms with Crippen molar-refractivity contribution in [2.24, 2.45) is 5.92 Å². The highest BCUT2D eigenvalue weighted by Gasteiger charge is 2.36. The number of amides is 1. The van der Waals surface area contributed by atoms with Gasteiger partial charge in [0.2, 0.25) is 5.91 Å². The minimum Gasteiger partial charge on any atom is -0.481 e. The molecule has 1 aliphatic heterocycles. The van der Waals surface area contributed by atoms with Crippen molar-refractivity contribution in [3.63, 3.8) is 0 Å². The third kappa shape index (κ3) is 3.47. The Morgan fingerprint density at radius 1 is 1.27 bits per heavy atom. The molecule has 1 saturated heterocycles.